The quantitative estimate of drug-likeness (QED) is 0.289. The number of hydrogen-bond donors (Lipinski definition) is 3. The number of nitriles is 1. The summed E-state index contributed by atoms with van der Waals surface area (Å²) in [5, 5.41) is 21.3. The van der Waals surface area contributed by atoms with E-state index in [0.717, 1.165) is 15.8 Å². The number of ether oxygens (including phenoxy) is 1. The molecular weight excluding hydrogens is 484 g/mol. The SMILES string of the molecule is N#CCNC(=O)C1=Cc2c(ncnc2Nc2ccc(Oc3cccc4sccc34)c(Cl)c2)NCC1. The monoisotopic (exact) mass is 502 g/mol. The molecule has 0 unspecified atom stereocenters. The first-order chi connectivity index (χ1) is 17.1. The minimum absolute atomic E-state index is 0.0549. The predicted molar refractivity (Wildman–Crippen MR) is 138 cm³/mol. The third-order valence-electron chi connectivity index (χ3n) is 5.38. The van der Waals surface area contributed by atoms with Crippen LogP contribution in [0.2, 0.25) is 5.02 Å². The Morgan fingerprint density at radius 3 is 3.00 bits per heavy atom. The second kappa shape index (κ2) is 10.0. The minimum Gasteiger partial charge on any atom is -0.455 e. The summed E-state index contributed by atoms with van der Waals surface area (Å²) >= 11 is 8.21. The maximum absolute atomic E-state index is 12.4. The second-order valence-electron chi connectivity index (χ2n) is 7.63. The smallest absolute Gasteiger partial charge is 0.248 e. The average molecular weight is 503 g/mol. The zero-order chi connectivity index (χ0) is 24.2. The van der Waals surface area contributed by atoms with Crippen LogP contribution < -0.4 is 20.7 Å². The average Bonchev–Trinajstić information content (AvgIpc) is 3.24. The van der Waals surface area contributed by atoms with E-state index in [1.165, 1.54) is 6.33 Å². The van der Waals surface area contributed by atoms with Crippen LogP contribution in [-0.4, -0.2) is 29.0 Å². The van der Waals surface area contributed by atoms with E-state index < -0.39 is 0 Å². The van der Waals surface area contributed by atoms with Crippen LogP contribution in [0.1, 0.15) is 12.0 Å². The molecule has 1 aliphatic heterocycles. The number of hydrogen-bond acceptors (Lipinski definition) is 8. The summed E-state index contributed by atoms with van der Waals surface area (Å²) in [4.78, 5) is 21.1. The fourth-order valence-electron chi connectivity index (χ4n) is 3.72. The number of thiophene rings is 1. The molecule has 0 radical (unpaired) electrons. The van der Waals surface area contributed by atoms with E-state index in [1.807, 2.05) is 41.8 Å². The molecule has 0 fully saturated rings. The van der Waals surface area contributed by atoms with E-state index in [2.05, 4.69) is 25.9 Å². The number of benzene rings is 2. The Hall–Kier alpha value is -4.13. The zero-order valence-corrected chi connectivity index (χ0v) is 19.9. The van der Waals surface area contributed by atoms with Gasteiger partial charge in [-0.3, -0.25) is 4.79 Å². The number of anilines is 3. The van der Waals surface area contributed by atoms with Crippen molar-refractivity contribution in [2.75, 3.05) is 23.7 Å². The molecule has 0 atom stereocenters. The van der Waals surface area contributed by atoms with Crippen molar-refractivity contribution in [1.29, 1.82) is 5.26 Å². The Kier molecular flexibility index (Phi) is 6.48. The molecule has 8 nitrogen and oxygen atoms in total. The van der Waals surface area contributed by atoms with Gasteiger partial charge in [0.25, 0.3) is 0 Å². The molecule has 1 amide bonds. The van der Waals surface area contributed by atoms with Gasteiger partial charge in [0, 0.05) is 27.9 Å². The van der Waals surface area contributed by atoms with Gasteiger partial charge in [0.05, 0.1) is 16.7 Å². The third kappa shape index (κ3) is 4.89. The number of fused-ring (bicyclic) bond motifs is 2. The molecule has 10 heteroatoms. The highest BCUT2D eigenvalue weighted by molar-refractivity contribution is 7.17. The van der Waals surface area contributed by atoms with Gasteiger partial charge in [-0.25, -0.2) is 9.97 Å². The summed E-state index contributed by atoms with van der Waals surface area (Å²) < 4.78 is 7.24. The van der Waals surface area contributed by atoms with Crippen LogP contribution in [0.15, 0.2) is 59.7 Å². The fourth-order valence-corrected chi connectivity index (χ4v) is 4.74. The molecule has 2 aromatic heterocycles. The molecule has 3 heterocycles. The summed E-state index contributed by atoms with van der Waals surface area (Å²) in [6.07, 6.45) is 3.68. The summed E-state index contributed by atoms with van der Waals surface area (Å²) in [5.41, 5.74) is 1.88. The third-order valence-corrected chi connectivity index (χ3v) is 6.56. The summed E-state index contributed by atoms with van der Waals surface area (Å²) in [6.45, 7) is 0.477. The molecule has 35 heavy (non-hydrogen) atoms. The van der Waals surface area contributed by atoms with Crippen LogP contribution in [-0.2, 0) is 4.79 Å². The molecule has 0 saturated carbocycles. The zero-order valence-electron chi connectivity index (χ0n) is 18.3. The van der Waals surface area contributed by atoms with Crippen molar-refractivity contribution >= 4 is 62.3 Å². The van der Waals surface area contributed by atoms with Crippen LogP contribution in [0, 0.1) is 11.3 Å². The fraction of sp³-hybridized carbons (Fsp3) is 0.120. The molecule has 0 bridgehead atoms. The largest absolute Gasteiger partial charge is 0.455 e. The summed E-state index contributed by atoms with van der Waals surface area (Å²) in [5.74, 6) is 2.12. The molecule has 0 saturated heterocycles. The van der Waals surface area contributed by atoms with Gasteiger partial charge in [-0.15, -0.1) is 11.3 Å². The number of halogens is 1. The first-order valence-corrected chi connectivity index (χ1v) is 12.0. The van der Waals surface area contributed by atoms with Crippen molar-refractivity contribution in [3.8, 4) is 17.6 Å². The van der Waals surface area contributed by atoms with Crippen molar-refractivity contribution in [1.82, 2.24) is 15.3 Å². The van der Waals surface area contributed by atoms with Gasteiger partial charge in [-0.05, 0) is 54.3 Å². The van der Waals surface area contributed by atoms with E-state index in [0.29, 0.717) is 52.2 Å². The van der Waals surface area contributed by atoms with Crippen LogP contribution in [0.25, 0.3) is 16.2 Å². The molecule has 1 aliphatic rings. The molecule has 3 N–H and O–H groups in total. The molecule has 5 rings (SSSR count). The Morgan fingerprint density at radius 2 is 2.14 bits per heavy atom. The highest BCUT2D eigenvalue weighted by Gasteiger charge is 2.18. The highest BCUT2D eigenvalue weighted by Crippen LogP contribution is 2.37. The number of amides is 1. The standard InChI is InChI=1S/C25H19ClN6O2S/c26-19-13-16(4-5-21(19)34-20-2-1-3-22-17(20)7-11-35-22)32-24-18-12-15(25(33)29-10-8-27)6-9-28-23(18)30-14-31-24/h1-5,7,11-14H,6,9-10H2,(H,29,33)(H2,28,30,31,32). The molecule has 0 aliphatic carbocycles. The lowest BCUT2D eigenvalue weighted by atomic mass is 10.1. The van der Waals surface area contributed by atoms with Crippen LogP contribution in [0.3, 0.4) is 0 Å². The van der Waals surface area contributed by atoms with Gasteiger partial charge in [0.1, 0.15) is 36.0 Å². The van der Waals surface area contributed by atoms with Gasteiger partial charge in [0.15, 0.2) is 0 Å². The van der Waals surface area contributed by atoms with E-state index in [9.17, 15) is 4.79 Å². The van der Waals surface area contributed by atoms with Gasteiger partial charge >= 0.3 is 0 Å². The van der Waals surface area contributed by atoms with Crippen molar-refractivity contribution < 1.29 is 9.53 Å². The Morgan fingerprint density at radius 1 is 1.23 bits per heavy atom. The maximum atomic E-state index is 12.4. The predicted octanol–water partition coefficient (Wildman–Crippen LogP) is 5.72. The van der Waals surface area contributed by atoms with Gasteiger partial charge in [0.2, 0.25) is 5.91 Å². The van der Waals surface area contributed by atoms with Crippen molar-refractivity contribution in [2.45, 2.75) is 6.42 Å². The Labute approximate surface area is 210 Å². The Bertz CT molecular complexity index is 1490. The van der Waals surface area contributed by atoms with Gasteiger partial charge < -0.3 is 20.7 Å². The lowest BCUT2D eigenvalue weighted by molar-refractivity contribution is -0.117. The number of carbonyl (C=O) groups is 1. The van der Waals surface area contributed by atoms with Crippen LogP contribution in [0.5, 0.6) is 11.5 Å². The van der Waals surface area contributed by atoms with E-state index >= 15 is 0 Å². The van der Waals surface area contributed by atoms with Crippen LogP contribution >= 0.6 is 22.9 Å². The number of carbonyl (C=O) groups excluding carboxylic acids is 1. The number of rotatable bonds is 6. The van der Waals surface area contributed by atoms with Crippen molar-refractivity contribution in [2.24, 2.45) is 0 Å². The van der Waals surface area contributed by atoms with E-state index in [4.69, 9.17) is 21.6 Å². The van der Waals surface area contributed by atoms with E-state index in [1.54, 1.807) is 29.5 Å². The Balaban J connectivity index is 1.40. The lowest BCUT2D eigenvalue weighted by Gasteiger charge is -2.13. The van der Waals surface area contributed by atoms with Crippen molar-refractivity contribution in [3.05, 3.63) is 70.3 Å². The number of aromatic nitrogens is 2. The molecular formula is C25H19ClN6O2S. The first kappa shape index (κ1) is 22.7. The van der Waals surface area contributed by atoms with Crippen LogP contribution in [0.4, 0.5) is 17.3 Å². The maximum Gasteiger partial charge on any atom is 0.248 e. The topological polar surface area (TPSA) is 112 Å². The van der Waals surface area contributed by atoms with Gasteiger partial charge in [-0.1, -0.05) is 17.7 Å². The summed E-state index contributed by atoms with van der Waals surface area (Å²) in [6, 6.07) is 15.3. The highest BCUT2D eigenvalue weighted by atomic mass is 35.5. The normalized spacial score (nSPS) is 12.5. The number of nitrogens with zero attached hydrogens (tertiary/aromatic N) is 3. The second-order valence-corrected chi connectivity index (χ2v) is 8.99. The number of nitrogens with one attached hydrogen (secondary N) is 3. The lowest BCUT2D eigenvalue weighted by Crippen LogP contribution is -2.25. The molecule has 2 aromatic carbocycles. The first-order valence-electron chi connectivity index (χ1n) is 10.8. The van der Waals surface area contributed by atoms with Crippen molar-refractivity contribution in [3.63, 3.8) is 0 Å². The molecule has 0 spiro atoms. The summed E-state index contributed by atoms with van der Waals surface area (Å²) in [7, 11) is 0. The van der Waals surface area contributed by atoms with E-state index in [-0.39, 0.29) is 12.5 Å². The van der Waals surface area contributed by atoms with Gasteiger partial charge in [-0.2, -0.15) is 5.26 Å². The minimum atomic E-state index is -0.291. The molecule has 4 aromatic rings. The molecule has 174 valence electrons.